The molecule has 0 aliphatic carbocycles. The van der Waals surface area contributed by atoms with Crippen molar-refractivity contribution in [2.24, 2.45) is 0 Å². The lowest BCUT2D eigenvalue weighted by Gasteiger charge is -2.13. The minimum Gasteiger partial charge on any atom is -0.500 e. The summed E-state index contributed by atoms with van der Waals surface area (Å²) in [5.74, 6) is -4.24. The molecule has 58 heavy (non-hydrogen) atoms. The maximum Gasteiger partial charge on any atom is 0.315 e. The molecule has 6 N–H and O–H groups in total. The number of nitrogens with one attached hydrogen (secondary N) is 2. The molecule has 0 aromatic heterocycles. The van der Waals surface area contributed by atoms with E-state index in [1.807, 2.05) is 49.4 Å². The van der Waals surface area contributed by atoms with E-state index in [0.29, 0.717) is 16.3 Å². The quantitative estimate of drug-likeness (QED) is 0.0316. The largest absolute Gasteiger partial charge is 0.500 e. The first-order chi connectivity index (χ1) is 27.6. The summed E-state index contributed by atoms with van der Waals surface area (Å²) in [4.78, 5) is 34.4. The van der Waals surface area contributed by atoms with Gasteiger partial charge in [0.15, 0.2) is 11.6 Å². The molecule has 0 aliphatic heterocycles. The molecule has 0 unspecified atom stereocenters. The number of hydrogen-bond donors (Lipinski definition) is 5. The standard InChI is InChI=1S/C20H16FN3O5S.C19H15ClFN3O3S/c1-12-2-5-16(6-3-12)30-19-7-4-15(23(26)27)8-13(19)11-22-14-9-17(21)20(25)18(10-14)24(28)29;20-12-1-4-15(5-2-12)28-18-6-3-13(22)7-11(18)10-23-14-8-16(21)19(25)17(9-14)24(26)27/h2-10,22,25H,11H2,1H3;1-9,23,25H,10,22H2. The van der Waals surface area contributed by atoms with Gasteiger partial charge >= 0.3 is 11.4 Å². The zero-order valence-corrected chi connectivity index (χ0v) is 32.4. The molecule has 19 heteroatoms. The van der Waals surface area contributed by atoms with Crippen LogP contribution in [0.15, 0.2) is 129 Å². The number of phenols is 2. The second-order valence-corrected chi connectivity index (χ2v) is 14.9. The smallest absolute Gasteiger partial charge is 0.315 e. The van der Waals surface area contributed by atoms with Gasteiger partial charge in [-0.2, -0.15) is 0 Å². The van der Waals surface area contributed by atoms with Crippen molar-refractivity contribution in [3.05, 3.63) is 173 Å². The summed E-state index contributed by atoms with van der Waals surface area (Å²) < 4.78 is 27.6. The van der Waals surface area contributed by atoms with Crippen LogP contribution in [-0.2, 0) is 13.1 Å². The molecule has 0 saturated carbocycles. The summed E-state index contributed by atoms with van der Waals surface area (Å²) in [6.07, 6.45) is 0. The number of anilines is 3. The molecule has 0 amide bonds. The van der Waals surface area contributed by atoms with Gasteiger partial charge in [-0.25, -0.2) is 8.78 Å². The number of nitro groups is 3. The molecule has 298 valence electrons. The number of aromatic hydroxyl groups is 2. The van der Waals surface area contributed by atoms with Gasteiger partial charge in [0.2, 0.25) is 11.5 Å². The molecule has 0 atom stereocenters. The normalized spacial score (nSPS) is 10.6. The van der Waals surface area contributed by atoms with Crippen LogP contribution >= 0.6 is 35.1 Å². The van der Waals surface area contributed by atoms with Crippen molar-refractivity contribution < 1.29 is 33.8 Å². The second-order valence-electron chi connectivity index (χ2n) is 12.3. The van der Waals surface area contributed by atoms with Crippen LogP contribution in [0.4, 0.5) is 42.9 Å². The predicted molar refractivity (Wildman–Crippen MR) is 219 cm³/mol. The van der Waals surface area contributed by atoms with Gasteiger partial charge in [-0.15, -0.1) is 0 Å². The molecule has 0 aliphatic rings. The Hall–Kier alpha value is -6.63. The summed E-state index contributed by atoms with van der Waals surface area (Å²) in [5, 5.41) is 58.4. The van der Waals surface area contributed by atoms with E-state index in [2.05, 4.69) is 10.6 Å². The Kier molecular flexibility index (Phi) is 13.9. The fourth-order valence-corrected chi connectivity index (χ4v) is 7.14. The Morgan fingerprint density at radius 3 is 1.55 bits per heavy atom. The molecule has 0 heterocycles. The molecule has 6 aromatic rings. The lowest BCUT2D eigenvalue weighted by Crippen LogP contribution is -2.03. The molecule has 0 saturated heterocycles. The van der Waals surface area contributed by atoms with Crippen LogP contribution < -0.4 is 16.4 Å². The van der Waals surface area contributed by atoms with Crippen molar-refractivity contribution in [1.29, 1.82) is 0 Å². The second kappa shape index (κ2) is 19.0. The summed E-state index contributed by atoms with van der Waals surface area (Å²) in [5.41, 5.74) is 7.58. The molecule has 0 fully saturated rings. The molecular weight excluding hydrogens is 818 g/mol. The number of halogens is 3. The van der Waals surface area contributed by atoms with Crippen molar-refractivity contribution in [3.8, 4) is 11.5 Å². The average Bonchev–Trinajstić information content (AvgIpc) is 3.18. The first-order valence-electron chi connectivity index (χ1n) is 16.7. The SMILES string of the molecule is Cc1ccc(Sc2ccc([N+](=O)[O-])cc2CNc2cc(F)c(O)c([N+](=O)[O-])c2)cc1.Nc1ccc(Sc2ccc(Cl)cc2)c(CNc2cc(F)c(O)c([N+](=O)[O-])c2)c1. The zero-order valence-electron chi connectivity index (χ0n) is 30.0. The third-order valence-corrected chi connectivity index (χ3v) is 10.6. The van der Waals surface area contributed by atoms with E-state index in [9.17, 15) is 49.3 Å². The van der Waals surface area contributed by atoms with Gasteiger partial charge in [0.25, 0.3) is 5.69 Å². The molecule has 0 radical (unpaired) electrons. The lowest BCUT2D eigenvalue weighted by molar-refractivity contribution is -0.386. The maximum atomic E-state index is 13.8. The fraction of sp³-hybridized carbons (Fsp3) is 0.0769. The number of aryl methyl sites for hydroxylation is 1. The average molecular weight is 849 g/mol. The Labute approximate surface area is 342 Å². The van der Waals surface area contributed by atoms with Crippen molar-refractivity contribution in [2.75, 3.05) is 16.4 Å². The van der Waals surface area contributed by atoms with E-state index in [4.69, 9.17) is 17.3 Å². The highest BCUT2D eigenvalue weighted by molar-refractivity contribution is 7.99. The van der Waals surface area contributed by atoms with Crippen LogP contribution in [0.2, 0.25) is 5.02 Å². The van der Waals surface area contributed by atoms with Crippen LogP contribution in [0.3, 0.4) is 0 Å². The zero-order chi connectivity index (χ0) is 42.1. The topological polar surface area (TPSA) is 220 Å². The van der Waals surface area contributed by atoms with Crippen LogP contribution in [0, 0.1) is 48.9 Å². The predicted octanol–water partition coefficient (Wildman–Crippen LogP) is 10.9. The van der Waals surface area contributed by atoms with Crippen molar-refractivity contribution >= 4 is 69.2 Å². The first kappa shape index (κ1) is 42.5. The minimum atomic E-state index is -1.14. The number of nitrogen functional groups attached to an aromatic ring is 1. The minimum absolute atomic E-state index is 0.0528. The van der Waals surface area contributed by atoms with Gasteiger partial charge in [-0.05, 0) is 78.7 Å². The summed E-state index contributed by atoms with van der Waals surface area (Å²) in [6, 6.07) is 28.9. The number of nitro benzene ring substituents is 3. The molecule has 0 spiro atoms. The number of non-ortho nitro benzene ring substituents is 1. The number of benzene rings is 6. The van der Waals surface area contributed by atoms with Gasteiger partial charge in [0, 0.05) is 91.2 Å². The van der Waals surface area contributed by atoms with Gasteiger partial charge in [-0.1, -0.05) is 52.8 Å². The third kappa shape index (κ3) is 11.2. The molecule has 6 rings (SSSR count). The highest BCUT2D eigenvalue weighted by Gasteiger charge is 2.21. The van der Waals surface area contributed by atoms with Crippen LogP contribution in [0.25, 0.3) is 0 Å². The highest BCUT2D eigenvalue weighted by atomic mass is 35.5. The fourth-order valence-electron chi connectivity index (χ4n) is 5.16. The maximum absolute atomic E-state index is 13.8. The van der Waals surface area contributed by atoms with E-state index in [-0.39, 0.29) is 30.2 Å². The lowest BCUT2D eigenvalue weighted by atomic mass is 10.2. The number of nitrogens with zero attached hydrogens (tertiary/aromatic N) is 3. The Bertz CT molecular complexity index is 2500. The summed E-state index contributed by atoms with van der Waals surface area (Å²) >= 11 is 8.82. The summed E-state index contributed by atoms with van der Waals surface area (Å²) in [6.45, 7) is 2.27. The van der Waals surface area contributed by atoms with Gasteiger partial charge in [0.05, 0.1) is 14.8 Å². The van der Waals surface area contributed by atoms with E-state index >= 15 is 0 Å². The Morgan fingerprint density at radius 2 is 1.09 bits per heavy atom. The van der Waals surface area contributed by atoms with Gasteiger partial charge in [0.1, 0.15) is 0 Å². The number of rotatable bonds is 13. The molecular formula is C39H31ClF2N6O8S2. The van der Waals surface area contributed by atoms with Crippen molar-refractivity contribution in [3.63, 3.8) is 0 Å². The molecule has 0 bridgehead atoms. The highest BCUT2D eigenvalue weighted by Crippen LogP contribution is 2.37. The molecule has 6 aromatic carbocycles. The van der Waals surface area contributed by atoms with Crippen molar-refractivity contribution in [2.45, 2.75) is 39.6 Å². The third-order valence-electron chi connectivity index (χ3n) is 8.08. The number of hydrogen-bond acceptors (Lipinski definition) is 13. The molecule has 14 nitrogen and oxygen atoms in total. The van der Waals surface area contributed by atoms with Gasteiger partial charge < -0.3 is 26.6 Å². The Morgan fingerprint density at radius 1 is 0.638 bits per heavy atom. The Balaban J connectivity index is 0.000000221. The monoisotopic (exact) mass is 848 g/mol. The van der Waals surface area contributed by atoms with Crippen molar-refractivity contribution in [1.82, 2.24) is 0 Å². The van der Waals surface area contributed by atoms with Gasteiger partial charge in [-0.3, -0.25) is 30.3 Å². The van der Waals surface area contributed by atoms with E-state index in [1.165, 1.54) is 35.7 Å². The number of phenolic OH excluding ortho intramolecular Hbond substituents is 2. The van der Waals surface area contributed by atoms with E-state index < -0.39 is 49.3 Å². The number of nitrogens with two attached hydrogens (primary N) is 1. The summed E-state index contributed by atoms with van der Waals surface area (Å²) in [7, 11) is 0. The van der Waals surface area contributed by atoms with Crippen LogP contribution in [0.5, 0.6) is 11.5 Å². The van der Waals surface area contributed by atoms with Crippen LogP contribution in [0.1, 0.15) is 16.7 Å². The van der Waals surface area contributed by atoms with E-state index in [1.54, 1.807) is 30.3 Å². The first-order valence-corrected chi connectivity index (χ1v) is 18.7. The van der Waals surface area contributed by atoms with E-state index in [0.717, 1.165) is 55.0 Å². The van der Waals surface area contributed by atoms with Crippen LogP contribution in [-0.4, -0.2) is 25.0 Å².